The summed E-state index contributed by atoms with van der Waals surface area (Å²) in [5.41, 5.74) is -0.187. The van der Waals surface area contributed by atoms with E-state index in [9.17, 15) is 22.4 Å². The van der Waals surface area contributed by atoms with Crippen molar-refractivity contribution in [2.75, 3.05) is 0 Å². The third-order valence-corrected chi connectivity index (χ3v) is 3.83. The highest BCUT2D eigenvalue weighted by Crippen LogP contribution is 2.33. The molecule has 0 saturated heterocycles. The van der Waals surface area contributed by atoms with Gasteiger partial charge >= 0.3 is 6.18 Å². The van der Waals surface area contributed by atoms with Gasteiger partial charge in [-0.15, -0.1) is 0 Å². The Labute approximate surface area is 150 Å². The van der Waals surface area contributed by atoms with Crippen molar-refractivity contribution in [1.82, 2.24) is 19.7 Å². The topological polar surface area (TPSA) is 83.1 Å². The van der Waals surface area contributed by atoms with Crippen molar-refractivity contribution >= 4 is 11.6 Å². The minimum Gasteiger partial charge on any atom is -0.335 e. The number of hydrogen-bond donors (Lipinski definition) is 1. The molecule has 0 saturated carbocycles. The molecule has 6 nitrogen and oxygen atoms in total. The Balaban J connectivity index is 1.99. The zero-order valence-corrected chi connectivity index (χ0v) is 13.8. The number of aryl methyl sites for hydroxylation is 1. The lowest BCUT2D eigenvalue weighted by Crippen LogP contribution is -2.38. The van der Waals surface area contributed by atoms with E-state index in [1.165, 1.54) is 16.8 Å². The summed E-state index contributed by atoms with van der Waals surface area (Å²) in [6.45, 7) is 1.63. The van der Waals surface area contributed by atoms with Crippen molar-refractivity contribution in [3.05, 3.63) is 65.1 Å². The monoisotopic (exact) mass is 377 g/mol. The molecule has 0 aliphatic rings. The maximum absolute atomic E-state index is 13.4. The van der Waals surface area contributed by atoms with Crippen molar-refractivity contribution < 1.29 is 22.4 Å². The Bertz CT molecular complexity index is 1050. The second-order valence-electron chi connectivity index (χ2n) is 5.68. The van der Waals surface area contributed by atoms with Gasteiger partial charge in [0.05, 0.1) is 0 Å². The molecular weight excluding hydrogens is 366 g/mol. The number of benzene rings is 1. The molecule has 3 aromatic rings. The Morgan fingerprint density at radius 3 is 2.56 bits per heavy atom. The molecule has 1 aromatic carbocycles. The number of hydrogen-bond acceptors (Lipinski definition) is 4. The lowest BCUT2D eigenvalue weighted by atomic mass is 10.1. The number of imidazole rings is 1. The summed E-state index contributed by atoms with van der Waals surface area (Å²) < 4.78 is 54.6. The van der Waals surface area contributed by atoms with Crippen LogP contribution < -0.4 is 5.32 Å². The lowest BCUT2D eigenvalue weighted by molar-refractivity contribution is -0.155. The summed E-state index contributed by atoms with van der Waals surface area (Å²) in [7, 11) is 0. The van der Waals surface area contributed by atoms with Gasteiger partial charge in [0.15, 0.2) is 17.4 Å². The molecule has 0 spiro atoms. The van der Waals surface area contributed by atoms with Gasteiger partial charge in [0.1, 0.15) is 23.9 Å². The highest BCUT2D eigenvalue weighted by Gasteiger charge is 2.42. The van der Waals surface area contributed by atoms with Gasteiger partial charge in [0.25, 0.3) is 5.91 Å². The number of carbonyl (C=O) groups excluding carboxylic acids is 1. The van der Waals surface area contributed by atoms with Gasteiger partial charge in [-0.3, -0.25) is 9.20 Å². The van der Waals surface area contributed by atoms with Crippen molar-refractivity contribution in [2.24, 2.45) is 0 Å². The average molecular weight is 377 g/mol. The third kappa shape index (κ3) is 3.57. The van der Waals surface area contributed by atoms with Gasteiger partial charge in [0, 0.05) is 5.69 Å². The van der Waals surface area contributed by atoms with E-state index in [4.69, 9.17) is 5.26 Å². The normalized spacial score (nSPS) is 12.6. The fraction of sp³-hybridized carbons (Fsp3) is 0.176. The third-order valence-electron chi connectivity index (χ3n) is 3.83. The van der Waals surface area contributed by atoms with E-state index in [-0.39, 0.29) is 22.6 Å². The Kier molecular flexibility index (Phi) is 4.53. The van der Waals surface area contributed by atoms with E-state index >= 15 is 0 Å². The predicted molar refractivity (Wildman–Crippen MR) is 85.1 cm³/mol. The Hall–Kier alpha value is -3.48. The molecule has 2 aromatic heterocycles. The largest absolute Gasteiger partial charge is 0.412 e. The molecule has 1 N–H and O–H groups in total. The maximum Gasteiger partial charge on any atom is 0.412 e. The summed E-state index contributed by atoms with van der Waals surface area (Å²) in [4.78, 5) is 20.2. The van der Waals surface area contributed by atoms with Crippen LogP contribution in [-0.4, -0.2) is 26.5 Å². The highest BCUT2D eigenvalue weighted by atomic mass is 19.4. The van der Waals surface area contributed by atoms with Crippen LogP contribution in [0.5, 0.6) is 0 Å². The van der Waals surface area contributed by atoms with Gasteiger partial charge in [-0.2, -0.15) is 18.4 Å². The van der Waals surface area contributed by atoms with E-state index in [1.807, 2.05) is 11.4 Å². The quantitative estimate of drug-likeness (QED) is 0.711. The summed E-state index contributed by atoms with van der Waals surface area (Å²) in [5.74, 6) is -1.82. The van der Waals surface area contributed by atoms with Crippen LogP contribution in [-0.2, 0) is 0 Å². The molecule has 27 heavy (non-hydrogen) atoms. The number of fused-ring (bicyclic) bond motifs is 1. The van der Waals surface area contributed by atoms with Crippen molar-refractivity contribution in [3.63, 3.8) is 0 Å². The van der Waals surface area contributed by atoms with Crippen LogP contribution in [0.4, 0.5) is 17.6 Å². The molecule has 0 aliphatic carbocycles. The number of alkyl halides is 3. The van der Waals surface area contributed by atoms with Gasteiger partial charge in [0.2, 0.25) is 0 Å². The minimum absolute atomic E-state index is 0.000422. The summed E-state index contributed by atoms with van der Waals surface area (Å²) >= 11 is 0. The molecule has 0 fully saturated rings. The van der Waals surface area contributed by atoms with Crippen LogP contribution in [0.2, 0.25) is 0 Å². The van der Waals surface area contributed by atoms with Crippen molar-refractivity contribution in [1.29, 1.82) is 5.26 Å². The van der Waals surface area contributed by atoms with Crippen LogP contribution in [0.15, 0.2) is 36.7 Å². The number of rotatable bonds is 3. The van der Waals surface area contributed by atoms with Gasteiger partial charge in [-0.25, -0.2) is 14.4 Å². The molecule has 1 atom stereocenters. The van der Waals surface area contributed by atoms with Crippen LogP contribution >= 0.6 is 0 Å². The minimum atomic E-state index is -4.82. The molecule has 2 heterocycles. The smallest absolute Gasteiger partial charge is 0.335 e. The zero-order chi connectivity index (χ0) is 19.8. The molecule has 1 amide bonds. The van der Waals surface area contributed by atoms with E-state index in [1.54, 1.807) is 6.92 Å². The van der Waals surface area contributed by atoms with E-state index < -0.39 is 23.9 Å². The zero-order valence-electron chi connectivity index (χ0n) is 13.8. The number of halogens is 4. The summed E-state index contributed by atoms with van der Waals surface area (Å²) in [6.07, 6.45) is -3.58. The van der Waals surface area contributed by atoms with Crippen LogP contribution in [0.1, 0.15) is 33.5 Å². The second kappa shape index (κ2) is 6.68. The van der Waals surface area contributed by atoms with Crippen molar-refractivity contribution in [3.8, 4) is 6.07 Å². The SMILES string of the molecule is Cc1cc(C#N)nc2c(C(=O)NC(c3ccc(F)cc3)C(F)(F)F)ncn12. The van der Waals surface area contributed by atoms with E-state index in [0.717, 1.165) is 24.3 Å². The number of nitrogens with zero attached hydrogens (tertiary/aromatic N) is 4. The van der Waals surface area contributed by atoms with Crippen LogP contribution in [0.25, 0.3) is 5.65 Å². The Morgan fingerprint density at radius 2 is 1.96 bits per heavy atom. The maximum atomic E-state index is 13.4. The van der Waals surface area contributed by atoms with Gasteiger partial charge < -0.3 is 5.32 Å². The first-order valence-electron chi connectivity index (χ1n) is 7.58. The molecule has 0 aliphatic heterocycles. The highest BCUT2D eigenvalue weighted by molar-refractivity contribution is 5.98. The second-order valence-corrected chi connectivity index (χ2v) is 5.68. The lowest BCUT2D eigenvalue weighted by Gasteiger charge is -2.21. The molecule has 1 unspecified atom stereocenters. The number of amides is 1. The first kappa shape index (κ1) is 18.3. The standard InChI is InChI=1S/C17H11F4N5O/c1-9-6-12(7-22)24-15-13(23-8-26(9)15)16(27)25-14(17(19,20)21)10-2-4-11(18)5-3-10/h2-6,8,14H,1H3,(H,25,27). The molecular formula is C17H11F4N5O. The van der Waals surface area contributed by atoms with Crippen LogP contribution in [0, 0.1) is 24.1 Å². The average Bonchev–Trinajstić information content (AvgIpc) is 3.04. The summed E-state index contributed by atoms with van der Waals surface area (Å²) in [6, 6.07) is 4.53. The number of nitrogens with one attached hydrogen (secondary N) is 1. The number of aromatic nitrogens is 3. The fourth-order valence-electron chi connectivity index (χ4n) is 2.55. The van der Waals surface area contributed by atoms with E-state index in [2.05, 4.69) is 9.97 Å². The molecule has 0 radical (unpaired) electrons. The molecule has 0 bridgehead atoms. The first-order chi connectivity index (χ1) is 12.7. The number of nitriles is 1. The van der Waals surface area contributed by atoms with E-state index in [0.29, 0.717) is 5.69 Å². The van der Waals surface area contributed by atoms with Gasteiger partial charge in [-0.1, -0.05) is 12.1 Å². The molecule has 10 heteroatoms. The Morgan fingerprint density at radius 1 is 1.30 bits per heavy atom. The first-order valence-corrected chi connectivity index (χ1v) is 7.58. The number of carbonyl (C=O) groups is 1. The summed E-state index contributed by atoms with van der Waals surface area (Å²) in [5, 5.41) is 10.8. The predicted octanol–water partition coefficient (Wildman–Crippen LogP) is 3.08. The molecule has 3 rings (SSSR count). The van der Waals surface area contributed by atoms with Crippen molar-refractivity contribution in [2.45, 2.75) is 19.1 Å². The van der Waals surface area contributed by atoms with Gasteiger partial charge in [-0.05, 0) is 30.7 Å². The molecule has 138 valence electrons. The van der Waals surface area contributed by atoms with Crippen LogP contribution in [0.3, 0.4) is 0 Å². The fourth-order valence-corrected chi connectivity index (χ4v) is 2.55.